The number of nitrogens with two attached hydrogens (primary N) is 1. The molecule has 2 N–H and O–H groups in total. The predicted molar refractivity (Wildman–Crippen MR) is 66.7 cm³/mol. The van der Waals surface area contributed by atoms with Crippen LogP contribution in [0.15, 0.2) is 18.2 Å². The number of rotatable bonds is 3. The normalized spacial score (nSPS) is 23.8. The van der Waals surface area contributed by atoms with E-state index >= 15 is 0 Å². The van der Waals surface area contributed by atoms with Crippen molar-refractivity contribution in [2.75, 3.05) is 11.5 Å². The van der Waals surface area contributed by atoms with Gasteiger partial charge >= 0.3 is 0 Å². The van der Waals surface area contributed by atoms with Crippen molar-refractivity contribution in [1.82, 2.24) is 0 Å². The average Bonchev–Trinajstić information content (AvgIpc) is 2.57. The van der Waals surface area contributed by atoms with Crippen molar-refractivity contribution < 1.29 is 17.5 Å². The highest BCUT2D eigenvalue weighted by Crippen LogP contribution is 2.24. The van der Waals surface area contributed by atoms with Gasteiger partial charge in [0.05, 0.1) is 11.5 Å². The van der Waals surface area contributed by atoms with Gasteiger partial charge in [0.1, 0.15) is 17.7 Å². The van der Waals surface area contributed by atoms with Crippen LogP contribution in [0.4, 0.5) is 4.39 Å². The lowest BCUT2D eigenvalue weighted by Crippen LogP contribution is -2.18. The molecule has 0 bridgehead atoms. The highest BCUT2D eigenvalue weighted by molar-refractivity contribution is 7.91. The minimum absolute atomic E-state index is 0.00363. The van der Waals surface area contributed by atoms with E-state index in [2.05, 4.69) is 0 Å². The number of hydrogen-bond acceptors (Lipinski definition) is 4. The van der Waals surface area contributed by atoms with Crippen molar-refractivity contribution in [1.29, 1.82) is 0 Å². The topological polar surface area (TPSA) is 69.4 Å². The molecule has 100 valence electrons. The second-order valence-electron chi connectivity index (χ2n) is 4.61. The molecule has 1 aromatic rings. The summed E-state index contributed by atoms with van der Waals surface area (Å²) < 4.78 is 41.7. The third kappa shape index (κ3) is 3.00. The fraction of sp³-hybridized carbons (Fsp3) is 0.500. The molecule has 0 radical (unpaired) electrons. The standard InChI is InChI=1S/C12H16FNO3S/c1-8(14)11-3-2-9(6-12(11)13)17-10-4-5-18(15,16)7-10/h2-3,6,8,10H,4-5,7,14H2,1H3. The Labute approximate surface area is 106 Å². The Morgan fingerprint density at radius 1 is 1.50 bits per heavy atom. The minimum Gasteiger partial charge on any atom is -0.489 e. The lowest BCUT2D eigenvalue weighted by Gasteiger charge is -2.14. The van der Waals surface area contributed by atoms with Crippen molar-refractivity contribution in [2.24, 2.45) is 5.73 Å². The second-order valence-corrected chi connectivity index (χ2v) is 6.84. The van der Waals surface area contributed by atoms with Gasteiger partial charge in [-0.05, 0) is 19.4 Å². The molecule has 1 fully saturated rings. The number of ether oxygens (including phenoxy) is 1. The summed E-state index contributed by atoms with van der Waals surface area (Å²) in [6, 6.07) is 4.06. The summed E-state index contributed by atoms with van der Waals surface area (Å²) in [5.74, 6) is 0.0595. The van der Waals surface area contributed by atoms with Crippen molar-refractivity contribution in [3.05, 3.63) is 29.6 Å². The predicted octanol–water partition coefficient (Wildman–Crippen LogP) is 1.41. The summed E-state index contributed by atoms with van der Waals surface area (Å²) in [5.41, 5.74) is 6.02. The van der Waals surface area contributed by atoms with E-state index in [1.165, 1.54) is 6.07 Å². The monoisotopic (exact) mass is 273 g/mol. The SMILES string of the molecule is CC(N)c1ccc(OC2CCS(=O)(=O)C2)cc1F. The molecule has 1 saturated heterocycles. The van der Waals surface area contributed by atoms with Crippen LogP contribution < -0.4 is 10.5 Å². The fourth-order valence-corrected chi connectivity index (χ4v) is 3.59. The van der Waals surface area contributed by atoms with Gasteiger partial charge in [0.25, 0.3) is 0 Å². The summed E-state index contributed by atoms with van der Waals surface area (Å²) in [4.78, 5) is 0. The van der Waals surface area contributed by atoms with Crippen LogP contribution in [0, 0.1) is 5.82 Å². The summed E-state index contributed by atoms with van der Waals surface area (Å²) in [5, 5.41) is 0. The van der Waals surface area contributed by atoms with Crippen LogP contribution >= 0.6 is 0 Å². The number of benzene rings is 1. The maximum atomic E-state index is 13.6. The van der Waals surface area contributed by atoms with Gasteiger partial charge in [-0.25, -0.2) is 12.8 Å². The first kappa shape index (κ1) is 13.3. The van der Waals surface area contributed by atoms with E-state index in [4.69, 9.17) is 10.5 Å². The second kappa shape index (κ2) is 4.85. The Morgan fingerprint density at radius 2 is 2.22 bits per heavy atom. The zero-order valence-electron chi connectivity index (χ0n) is 10.1. The Morgan fingerprint density at radius 3 is 2.72 bits per heavy atom. The minimum atomic E-state index is -2.99. The first-order chi connectivity index (χ1) is 8.37. The van der Waals surface area contributed by atoms with Crippen molar-refractivity contribution >= 4 is 9.84 Å². The quantitative estimate of drug-likeness (QED) is 0.904. The summed E-state index contributed by atoms with van der Waals surface area (Å²) in [7, 11) is -2.99. The molecular formula is C12H16FNO3S. The first-order valence-electron chi connectivity index (χ1n) is 5.79. The molecule has 0 aliphatic carbocycles. The summed E-state index contributed by atoms with van der Waals surface area (Å²) in [6.45, 7) is 1.70. The van der Waals surface area contributed by atoms with Crippen LogP contribution in [-0.2, 0) is 9.84 Å². The van der Waals surface area contributed by atoms with Crippen LogP contribution in [0.2, 0.25) is 0 Å². The van der Waals surface area contributed by atoms with E-state index in [1.807, 2.05) is 0 Å². The van der Waals surface area contributed by atoms with Gasteiger partial charge in [0, 0.05) is 17.7 Å². The lowest BCUT2D eigenvalue weighted by atomic mass is 10.1. The van der Waals surface area contributed by atoms with E-state index in [1.54, 1.807) is 19.1 Å². The molecular weight excluding hydrogens is 257 g/mol. The lowest BCUT2D eigenvalue weighted by molar-refractivity contribution is 0.228. The van der Waals surface area contributed by atoms with Gasteiger partial charge < -0.3 is 10.5 Å². The average molecular weight is 273 g/mol. The fourth-order valence-electron chi connectivity index (χ4n) is 2.00. The van der Waals surface area contributed by atoms with Gasteiger partial charge in [-0.15, -0.1) is 0 Å². The zero-order valence-corrected chi connectivity index (χ0v) is 10.9. The van der Waals surface area contributed by atoms with E-state index in [-0.39, 0.29) is 23.7 Å². The Bertz CT molecular complexity index is 542. The number of sulfone groups is 1. The van der Waals surface area contributed by atoms with Gasteiger partial charge in [0.2, 0.25) is 0 Å². The molecule has 0 spiro atoms. The number of halogens is 1. The Hall–Kier alpha value is -1.14. The molecule has 1 aliphatic heterocycles. The third-order valence-corrected chi connectivity index (χ3v) is 4.69. The largest absolute Gasteiger partial charge is 0.489 e. The first-order valence-corrected chi connectivity index (χ1v) is 7.61. The van der Waals surface area contributed by atoms with Crippen molar-refractivity contribution in [3.63, 3.8) is 0 Å². The van der Waals surface area contributed by atoms with Crippen LogP contribution in [0.1, 0.15) is 24.9 Å². The Kier molecular flexibility index (Phi) is 3.59. The third-order valence-electron chi connectivity index (χ3n) is 2.96. The van der Waals surface area contributed by atoms with Gasteiger partial charge in [-0.1, -0.05) is 6.07 Å². The zero-order chi connectivity index (χ0) is 13.3. The molecule has 1 aliphatic rings. The molecule has 0 aromatic heterocycles. The molecule has 0 saturated carbocycles. The molecule has 4 nitrogen and oxygen atoms in total. The number of hydrogen-bond donors (Lipinski definition) is 1. The smallest absolute Gasteiger partial charge is 0.154 e. The van der Waals surface area contributed by atoms with Crippen LogP contribution in [0.3, 0.4) is 0 Å². The van der Waals surface area contributed by atoms with Crippen LogP contribution in [-0.4, -0.2) is 26.0 Å². The molecule has 2 unspecified atom stereocenters. The maximum absolute atomic E-state index is 13.6. The summed E-state index contributed by atoms with van der Waals surface area (Å²) >= 11 is 0. The molecule has 6 heteroatoms. The molecule has 2 atom stereocenters. The van der Waals surface area contributed by atoms with E-state index in [0.29, 0.717) is 17.7 Å². The van der Waals surface area contributed by atoms with Gasteiger partial charge in [-0.3, -0.25) is 0 Å². The molecule has 1 aromatic carbocycles. The van der Waals surface area contributed by atoms with E-state index in [0.717, 1.165) is 0 Å². The summed E-state index contributed by atoms with van der Waals surface area (Å²) in [6.07, 6.45) is 0.0782. The highest BCUT2D eigenvalue weighted by atomic mass is 32.2. The van der Waals surface area contributed by atoms with Crippen LogP contribution in [0.5, 0.6) is 5.75 Å². The Balaban J connectivity index is 2.09. The van der Waals surface area contributed by atoms with E-state index in [9.17, 15) is 12.8 Å². The molecule has 18 heavy (non-hydrogen) atoms. The maximum Gasteiger partial charge on any atom is 0.154 e. The highest BCUT2D eigenvalue weighted by Gasteiger charge is 2.29. The molecule has 1 heterocycles. The molecule has 2 rings (SSSR count). The van der Waals surface area contributed by atoms with E-state index < -0.39 is 15.7 Å². The van der Waals surface area contributed by atoms with Gasteiger partial charge in [0.15, 0.2) is 9.84 Å². The van der Waals surface area contributed by atoms with Gasteiger partial charge in [-0.2, -0.15) is 0 Å². The molecule has 0 amide bonds. The van der Waals surface area contributed by atoms with Crippen molar-refractivity contribution in [3.8, 4) is 5.75 Å². The van der Waals surface area contributed by atoms with Crippen molar-refractivity contribution in [2.45, 2.75) is 25.5 Å². The van der Waals surface area contributed by atoms with Crippen LogP contribution in [0.25, 0.3) is 0 Å².